The summed E-state index contributed by atoms with van der Waals surface area (Å²) >= 11 is 0. The van der Waals surface area contributed by atoms with Gasteiger partial charge < -0.3 is 4.79 Å². The zero-order chi connectivity index (χ0) is 12.5. The van der Waals surface area contributed by atoms with Crippen LogP contribution in [0.1, 0.15) is 12.0 Å². The van der Waals surface area contributed by atoms with E-state index in [4.69, 9.17) is 0 Å². The van der Waals surface area contributed by atoms with Gasteiger partial charge in [0.25, 0.3) is 0 Å². The third-order valence-corrected chi connectivity index (χ3v) is 4.27. The Hall–Kier alpha value is -1.70. The molecule has 0 saturated heterocycles. The second-order valence-corrected chi connectivity index (χ2v) is 5.32. The van der Waals surface area contributed by atoms with E-state index < -0.39 is 0 Å². The minimum atomic E-state index is -0.0868. The van der Waals surface area contributed by atoms with Gasteiger partial charge in [-0.1, -0.05) is 42.5 Å². The summed E-state index contributed by atoms with van der Waals surface area (Å²) in [6.45, 7) is 0. The maximum absolute atomic E-state index is 12.4. The van der Waals surface area contributed by atoms with Crippen LogP contribution < -0.4 is 0 Å². The first-order chi connectivity index (χ1) is 8.79. The van der Waals surface area contributed by atoms with E-state index >= 15 is 0 Å². The smallest absolute Gasteiger partial charge is 0.141 e. The van der Waals surface area contributed by atoms with E-state index in [2.05, 4.69) is 12.2 Å². The largest absolute Gasteiger partial charge is 0.303 e. The molecule has 0 spiro atoms. The van der Waals surface area contributed by atoms with Crippen molar-refractivity contribution in [3.05, 3.63) is 48.0 Å². The Morgan fingerprint density at radius 3 is 2.61 bits per heavy atom. The molecule has 0 unspecified atom stereocenters. The number of fused-ring (bicyclic) bond motifs is 2. The topological polar surface area (TPSA) is 34.1 Å². The molecular formula is C16H16O2. The van der Waals surface area contributed by atoms with Gasteiger partial charge in [-0.25, -0.2) is 0 Å². The first-order valence-electron chi connectivity index (χ1n) is 6.50. The van der Waals surface area contributed by atoms with Crippen LogP contribution in [-0.2, 0) is 16.0 Å². The maximum Gasteiger partial charge on any atom is 0.141 e. The number of rotatable bonds is 4. The van der Waals surface area contributed by atoms with Gasteiger partial charge >= 0.3 is 0 Å². The van der Waals surface area contributed by atoms with Crippen molar-refractivity contribution in [2.45, 2.75) is 12.8 Å². The summed E-state index contributed by atoms with van der Waals surface area (Å²) in [6, 6.07) is 9.78. The van der Waals surface area contributed by atoms with Crippen molar-refractivity contribution in [2.24, 2.45) is 23.7 Å². The van der Waals surface area contributed by atoms with Crippen LogP contribution in [0.3, 0.4) is 0 Å². The van der Waals surface area contributed by atoms with Crippen LogP contribution in [0.25, 0.3) is 0 Å². The van der Waals surface area contributed by atoms with Crippen molar-refractivity contribution in [2.75, 3.05) is 0 Å². The van der Waals surface area contributed by atoms with E-state index in [0.717, 1.165) is 18.3 Å². The monoisotopic (exact) mass is 240 g/mol. The highest BCUT2D eigenvalue weighted by molar-refractivity contribution is 5.87. The van der Waals surface area contributed by atoms with Gasteiger partial charge in [-0.05, 0) is 23.8 Å². The van der Waals surface area contributed by atoms with Gasteiger partial charge in [0.15, 0.2) is 0 Å². The lowest BCUT2D eigenvalue weighted by Crippen LogP contribution is -2.29. The zero-order valence-corrected chi connectivity index (χ0v) is 10.2. The highest BCUT2D eigenvalue weighted by atomic mass is 16.1. The predicted octanol–water partition coefficient (Wildman–Crippen LogP) is 2.44. The van der Waals surface area contributed by atoms with Gasteiger partial charge in [0, 0.05) is 18.3 Å². The van der Waals surface area contributed by atoms with Crippen molar-refractivity contribution in [3.8, 4) is 0 Å². The molecule has 1 fully saturated rings. The first-order valence-corrected chi connectivity index (χ1v) is 6.50. The molecule has 0 N–H and O–H groups in total. The molecule has 2 aliphatic rings. The number of carbonyl (C=O) groups excluding carboxylic acids is 2. The van der Waals surface area contributed by atoms with Gasteiger partial charge in [-0.3, -0.25) is 4.79 Å². The van der Waals surface area contributed by atoms with Crippen LogP contribution in [0, 0.1) is 23.7 Å². The fourth-order valence-electron chi connectivity index (χ4n) is 3.41. The van der Waals surface area contributed by atoms with E-state index in [-0.39, 0.29) is 17.6 Å². The summed E-state index contributed by atoms with van der Waals surface area (Å²) < 4.78 is 0. The lowest BCUT2D eigenvalue weighted by molar-refractivity contribution is -0.127. The van der Waals surface area contributed by atoms with E-state index in [1.165, 1.54) is 0 Å². The van der Waals surface area contributed by atoms with Crippen LogP contribution in [0.4, 0.5) is 0 Å². The van der Waals surface area contributed by atoms with E-state index in [9.17, 15) is 9.59 Å². The standard InChI is InChI=1S/C16H16O2/c17-10-14-12-6-7-13(9-12)16(14)15(18)8-11-4-2-1-3-5-11/h1-7,10,12-14,16H,8-9H2/t12-,13+,14-,16+/m0/s1. The summed E-state index contributed by atoms with van der Waals surface area (Å²) in [5.41, 5.74) is 1.04. The Labute approximate surface area is 107 Å². The maximum atomic E-state index is 12.4. The normalized spacial score (nSPS) is 32.7. The third kappa shape index (κ3) is 1.82. The number of hydrogen-bond acceptors (Lipinski definition) is 2. The minimum Gasteiger partial charge on any atom is -0.303 e. The molecule has 2 heteroatoms. The fourth-order valence-corrected chi connectivity index (χ4v) is 3.41. The molecule has 2 bridgehead atoms. The molecule has 1 aromatic carbocycles. The number of allylic oxidation sites excluding steroid dienone is 2. The molecule has 4 atom stereocenters. The highest BCUT2D eigenvalue weighted by Gasteiger charge is 2.47. The number of hydrogen-bond donors (Lipinski definition) is 0. The quantitative estimate of drug-likeness (QED) is 0.598. The second-order valence-electron chi connectivity index (χ2n) is 5.32. The summed E-state index contributed by atoms with van der Waals surface area (Å²) in [7, 11) is 0. The number of carbonyl (C=O) groups is 2. The van der Waals surface area contributed by atoms with Gasteiger partial charge in [-0.15, -0.1) is 0 Å². The van der Waals surface area contributed by atoms with Gasteiger partial charge in [-0.2, -0.15) is 0 Å². The average Bonchev–Trinajstić information content (AvgIpc) is 2.99. The number of ketones is 1. The van der Waals surface area contributed by atoms with Gasteiger partial charge in [0.05, 0.1) is 0 Å². The highest BCUT2D eigenvalue weighted by Crippen LogP contribution is 2.47. The molecule has 2 nitrogen and oxygen atoms in total. The van der Waals surface area contributed by atoms with E-state index in [1.807, 2.05) is 30.3 Å². The van der Waals surface area contributed by atoms with Crippen molar-refractivity contribution in [1.29, 1.82) is 0 Å². The molecule has 18 heavy (non-hydrogen) atoms. The van der Waals surface area contributed by atoms with Crippen molar-refractivity contribution in [1.82, 2.24) is 0 Å². The van der Waals surface area contributed by atoms with Gasteiger partial charge in [0.1, 0.15) is 12.1 Å². The lowest BCUT2D eigenvalue weighted by Gasteiger charge is -2.22. The van der Waals surface area contributed by atoms with E-state index in [1.54, 1.807) is 0 Å². The molecule has 1 aromatic rings. The first kappa shape index (κ1) is 11.4. The third-order valence-electron chi connectivity index (χ3n) is 4.27. The van der Waals surface area contributed by atoms with Crippen LogP contribution in [0.5, 0.6) is 0 Å². The summed E-state index contributed by atoms with van der Waals surface area (Å²) in [5, 5.41) is 0. The molecular weight excluding hydrogens is 224 g/mol. The second kappa shape index (κ2) is 4.52. The fraction of sp³-hybridized carbons (Fsp3) is 0.375. The zero-order valence-electron chi connectivity index (χ0n) is 10.2. The van der Waals surface area contributed by atoms with Crippen molar-refractivity contribution in [3.63, 3.8) is 0 Å². The van der Waals surface area contributed by atoms with Crippen LogP contribution in [0.2, 0.25) is 0 Å². The summed E-state index contributed by atoms with van der Waals surface area (Å²) in [4.78, 5) is 23.6. The molecule has 0 heterocycles. The average molecular weight is 240 g/mol. The lowest BCUT2D eigenvalue weighted by atomic mass is 9.79. The van der Waals surface area contributed by atoms with E-state index in [0.29, 0.717) is 18.3 Å². The number of aldehydes is 1. The predicted molar refractivity (Wildman–Crippen MR) is 68.9 cm³/mol. The molecule has 2 aliphatic carbocycles. The Morgan fingerprint density at radius 2 is 1.89 bits per heavy atom. The molecule has 0 aliphatic heterocycles. The Balaban J connectivity index is 1.77. The van der Waals surface area contributed by atoms with Crippen LogP contribution >= 0.6 is 0 Å². The van der Waals surface area contributed by atoms with Crippen molar-refractivity contribution < 1.29 is 9.59 Å². The Kier molecular flexibility index (Phi) is 2.86. The summed E-state index contributed by atoms with van der Waals surface area (Å²) in [6.07, 6.45) is 6.65. The summed E-state index contributed by atoms with van der Waals surface area (Å²) in [5.74, 6) is 0.641. The number of benzene rings is 1. The van der Waals surface area contributed by atoms with Gasteiger partial charge in [0.2, 0.25) is 0 Å². The number of Topliss-reactive ketones (excluding diaryl/α,β-unsaturated/α-hetero) is 1. The molecule has 0 aromatic heterocycles. The Morgan fingerprint density at radius 1 is 1.17 bits per heavy atom. The molecule has 1 saturated carbocycles. The van der Waals surface area contributed by atoms with Crippen LogP contribution in [-0.4, -0.2) is 12.1 Å². The SMILES string of the molecule is O=C[C@@H]1[C@H](C(=O)Cc2ccccc2)[C@@H]2C=C[C@H]1C2. The van der Waals surface area contributed by atoms with Crippen LogP contribution in [0.15, 0.2) is 42.5 Å². The molecule has 92 valence electrons. The van der Waals surface area contributed by atoms with Crippen molar-refractivity contribution >= 4 is 12.1 Å². The Bertz CT molecular complexity index is 489. The molecule has 0 radical (unpaired) electrons. The molecule has 0 amide bonds. The minimum absolute atomic E-state index is 0.0855. The molecule has 3 rings (SSSR count).